The summed E-state index contributed by atoms with van der Waals surface area (Å²) in [5, 5.41) is 4.32. The Bertz CT molecular complexity index is 1240. The highest BCUT2D eigenvalue weighted by Crippen LogP contribution is 2.27. The minimum atomic E-state index is -3.84. The SMILES string of the molecule is O=C(N/N=C\c1ccc(-c2ccc(F)cc2)o1)[C@@H]1CCCN1S(=O)(=O)c1ccc(Cl)cc1. The first-order chi connectivity index (χ1) is 15.3. The second kappa shape index (κ2) is 9.23. The van der Waals surface area contributed by atoms with Crippen LogP contribution >= 0.6 is 11.6 Å². The van der Waals surface area contributed by atoms with Crippen molar-refractivity contribution in [3.8, 4) is 11.3 Å². The molecule has 0 bridgehead atoms. The highest BCUT2D eigenvalue weighted by Gasteiger charge is 2.39. The molecule has 1 amide bonds. The average molecular weight is 476 g/mol. The number of nitrogens with zero attached hydrogens (tertiary/aromatic N) is 2. The zero-order valence-corrected chi connectivity index (χ0v) is 18.3. The lowest BCUT2D eigenvalue weighted by atomic mass is 10.2. The lowest BCUT2D eigenvalue weighted by Crippen LogP contribution is -2.44. The molecule has 166 valence electrons. The molecule has 2 heterocycles. The largest absolute Gasteiger partial charge is 0.455 e. The number of carbonyl (C=O) groups excluding carboxylic acids is 1. The van der Waals surface area contributed by atoms with Gasteiger partial charge in [0.1, 0.15) is 23.4 Å². The normalized spacial score (nSPS) is 17.1. The predicted molar refractivity (Wildman–Crippen MR) is 118 cm³/mol. The number of benzene rings is 2. The molecule has 0 saturated carbocycles. The van der Waals surface area contributed by atoms with Gasteiger partial charge in [-0.15, -0.1) is 0 Å². The van der Waals surface area contributed by atoms with Gasteiger partial charge in [-0.3, -0.25) is 4.79 Å². The van der Waals surface area contributed by atoms with Gasteiger partial charge in [0.15, 0.2) is 0 Å². The smallest absolute Gasteiger partial charge is 0.258 e. The lowest BCUT2D eigenvalue weighted by Gasteiger charge is -2.22. The van der Waals surface area contributed by atoms with Gasteiger partial charge in [-0.05, 0) is 73.5 Å². The first-order valence-corrected chi connectivity index (χ1v) is 11.6. The quantitative estimate of drug-likeness (QED) is 0.430. The maximum absolute atomic E-state index is 13.1. The van der Waals surface area contributed by atoms with Crippen LogP contribution in [0.3, 0.4) is 0 Å². The molecular weight excluding hydrogens is 457 g/mol. The molecule has 10 heteroatoms. The van der Waals surface area contributed by atoms with E-state index in [0.29, 0.717) is 34.9 Å². The van der Waals surface area contributed by atoms with E-state index in [2.05, 4.69) is 10.5 Å². The zero-order chi connectivity index (χ0) is 22.7. The van der Waals surface area contributed by atoms with Gasteiger partial charge in [-0.1, -0.05) is 11.6 Å². The topological polar surface area (TPSA) is 92.0 Å². The Labute approximate surface area is 189 Å². The number of halogens is 2. The molecule has 2 aromatic carbocycles. The van der Waals surface area contributed by atoms with Crippen LogP contribution in [0.25, 0.3) is 11.3 Å². The molecule has 4 rings (SSSR count). The Morgan fingerprint density at radius 2 is 1.84 bits per heavy atom. The predicted octanol–water partition coefficient (Wildman–Crippen LogP) is 4.04. The standard InChI is InChI=1S/C22H19ClFN3O4S/c23-16-5-10-19(11-6-16)32(29,30)27-13-1-2-20(27)22(28)26-25-14-18-9-12-21(31-18)15-3-7-17(24)8-4-15/h3-12,14,20H,1-2,13H2,(H,26,28)/b25-14-/t20-/m0/s1. The van der Waals surface area contributed by atoms with E-state index >= 15 is 0 Å². The summed E-state index contributed by atoms with van der Waals surface area (Å²) in [6, 6.07) is 14.2. The molecule has 0 aliphatic carbocycles. The van der Waals surface area contributed by atoms with Crippen LogP contribution in [0.15, 0.2) is 75.1 Å². The van der Waals surface area contributed by atoms with Crippen LogP contribution in [0.1, 0.15) is 18.6 Å². The number of sulfonamides is 1. The summed E-state index contributed by atoms with van der Waals surface area (Å²) in [6.45, 7) is 0.242. The number of hydrogen-bond acceptors (Lipinski definition) is 5. The number of nitrogens with one attached hydrogen (secondary N) is 1. The number of hydrogen-bond donors (Lipinski definition) is 1. The summed E-state index contributed by atoms with van der Waals surface area (Å²) in [5.74, 6) is 0.0286. The average Bonchev–Trinajstić information content (AvgIpc) is 3.45. The summed E-state index contributed by atoms with van der Waals surface area (Å²) >= 11 is 5.84. The van der Waals surface area contributed by atoms with Gasteiger partial charge in [0.25, 0.3) is 5.91 Å². The molecule has 1 aromatic heterocycles. The maximum Gasteiger partial charge on any atom is 0.258 e. The van der Waals surface area contributed by atoms with Crippen molar-refractivity contribution in [2.24, 2.45) is 5.10 Å². The molecule has 0 radical (unpaired) electrons. The fourth-order valence-electron chi connectivity index (χ4n) is 3.46. The lowest BCUT2D eigenvalue weighted by molar-refractivity contribution is -0.124. The van der Waals surface area contributed by atoms with Crippen LogP contribution in [0.2, 0.25) is 5.02 Å². The second-order valence-corrected chi connectivity index (χ2v) is 9.50. The molecule has 32 heavy (non-hydrogen) atoms. The van der Waals surface area contributed by atoms with Crippen molar-refractivity contribution in [1.82, 2.24) is 9.73 Å². The summed E-state index contributed by atoms with van der Waals surface area (Å²) in [5.41, 5.74) is 3.08. The Hall–Kier alpha value is -3.01. The van der Waals surface area contributed by atoms with E-state index < -0.39 is 22.0 Å². The van der Waals surface area contributed by atoms with Gasteiger partial charge >= 0.3 is 0 Å². The van der Waals surface area contributed by atoms with E-state index in [1.54, 1.807) is 24.3 Å². The van der Waals surface area contributed by atoms with Crippen molar-refractivity contribution in [2.45, 2.75) is 23.8 Å². The Kier molecular flexibility index (Phi) is 6.40. The fourth-order valence-corrected chi connectivity index (χ4v) is 5.24. The summed E-state index contributed by atoms with van der Waals surface area (Å²) < 4.78 is 45.7. The van der Waals surface area contributed by atoms with Gasteiger partial charge in [-0.2, -0.15) is 9.41 Å². The molecule has 1 aliphatic heterocycles. The van der Waals surface area contributed by atoms with Gasteiger partial charge in [0.2, 0.25) is 10.0 Å². The third kappa shape index (κ3) is 4.74. The minimum absolute atomic E-state index is 0.0778. The second-order valence-electron chi connectivity index (χ2n) is 7.17. The van der Waals surface area contributed by atoms with Crippen molar-refractivity contribution < 1.29 is 22.0 Å². The van der Waals surface area contributed by atoms with E-state index in [4.69, 9.17) is 16.0 Å². The number of amides is 1. The number of furan rings is 1. The van der Waals surface area contributed by atoms with Gasteiger partial charge < -0.3 is 4.42 Å². The first-order valence-electron chi connectivity index (χ1n) is 9.81. The van der Waals surface area contributed by atoms with E-state index in [1.807, 2.05) is 0 Å². The molecule has 0 unspecified atom stereocenters. The van der Waals surface area contributed by atoms with Gasteiger partial charge in [0, 0.05) is 17.1 Å². The van der Waals surface area contributed by atoms with Crippen molar-refractivity contribution in [2.75, 3.05) is 6.54 Å². The number of hydrazone groups is 1. The molecule has 1 aliphatic rings. The molecule has 1 atom stereocenters. The van der Waals surface area contributed by atoms with E-state index in [9.17, 15) is 17.6 Å². The molecule has 0 spiro atoms. The maximum atomic E-state index is 13.1. The third-order valence-corrected chi connectivity index (χ3v) is 7.22. The molecule has 1 N–H and O–H groups in total. The number of carbonyl (C=O) groups is 1. The van der Waals surface area contributed by atoms with Crippen molar-refractivity contribution in [3.05, 3.63) is 77.3 Å². The van der Waals surface area contributed by atoms with Crippen molar-refractivity contribution >= 4 is 33.7 Å². The van der Waals surface area contributed by atoms with E-state index in [-0.39, 0.29) is 17.3 Å². The highest BCUT2D eigenvalue weighted by molar-refractivity contribution is 7.89. The van der Waals surface area contributed by atoms with Crippen LogP contribution in [-0.2, 0) is 14.8 Å². The number of rotatable bonds is 6. The molecular formula is C22H19ClFN3O4S. The van der Waals surface area contributed by atoms with E-state index in [0.717, 1.165) is 0 Å². The monoisotopic (exact) mass is 475 g/mol. The molecule has 7 nitrogen and oxygen atoms in total. The van der Waals surface area contributed by atoms with Gasteiger partial charge in [0.05, 0.1) is 11.1 Å². The van der Waals surface area contributed by atoms with Crippen molar-refractivity contribution in [3.63, 3.8) is 0 Å². The zero-order valence-electron chi connectivity index (χ0n) is 16.7. The third-order valence-electron chi connectivity index (χ3n) is 5.05. The van der Waals surface area contributed by atoms with Crippen LogP contribution in [-0.4, -0.2) is 37.4 Å². The fraction of sp³-hybridized carbons (Fsp3) is 0.182. The molecule has 1 saturated heterocycles. The highest BCUT2D eigenvalue weighted by atomic mass is 35.5. The minimum Gasteiger partial charge on any atom is -0.455 e. The molecule has 1 fully saturated rings. The Morgan fingerprint density at radius 1 is 1.12 bits per heavy atom. The van der Waals surface area contributed by atoms with Crippen LogP contribution in [0.5, 0.6) is 0 Å². The first kappa shape index (κ1) is 22.2. The summed E-state index contributed by atoms with van der Waals surface area (Å²) in [6.07, 6.45) is 2.27. The Morgan fingerprint density at radius 3 is 2.56 bits per heavy atom. The Balaban J connectivity index is 1.42. The summed E-state index contributed by atoms with van der Waals surface area (Å²) in [7, 11) is -3.84. The van der Waals surface area contributed by atoms with Crippen LogP contribution in [0.4, 0.5) is 4.39 Å². The van der Waals surface area contributed by atoms with Crippen LogP contribution in [0, 0.1) is 5.82 Å². The summed E-state index contributed by atoms with van der Waals surface area (Å²) in [4.78, 5) is 12.7. The van der Waals surface area contributed by atoms with Crippen LogP contribution < -0.4 is 5.43 Å². The van der Waals surface area contributed by atoms with E-state index in [1.165, 1.54) is 46.9 Å². The van der Waals surface area contributed by atoms with Crippen molar-refractivity contribution in [1.29, 1.82) is 0 Å². The molecule has 3 aromatic rings. The van der Waals surface area contributed by atoms with Gasteiger partial charge in [-0.25, -0.2) is 18.2 Å².